The Balaban J connectivity index is 1.27. The molecular formula is C23H25FN4O3S. The lowest BCUT2D eigenvalue weighted by Crippen LogP contribution is -2.40. The monoisotopic (exact) mass is 456 g/mol. The molecule has 7 nitrogen and oxygen atoms in total. The Morgan fingerprint density at radius 1 is 1.03 bits per heavy atom. The Hall–Kier alpha value is -3.04. The molecule has 32 heavy (non-hydrogen) atoms. The van der Waals surface area contributed by atoms with E-state index in [1.807, 2.05) is 0 Å². The molecule has 0 radical (unpaired) electrons. The quantitative estimate of drug-likeness (QED) is 0.571. The van der Waals surface area contributed by atoms with Gasteiger partial charge in [0.2, 0.25) is 15.9 Å². The highest BCUT2D eigenvalue weighted by Crippen LogP contribution is 2.26. The van der Waals surface area contributed by atoms with Gasteiger partial charge >= 0.3 is 0 Å². The van der Waals surface area contributed by atoms with Crippen LogP contribution in [0.25, 0.3) is 5.69 Å². The van der Waals surface area contributed by atoms with E-state index in [0.29, 0.717) is 32.2 Å². The minimum Gasteiger partial charge on any atom is -0.352 e. The Morgan fingerprint density at radius 2 is 1.72 bits per heavy atom. The molecule has 1 saturated carbocycles. The highest BCUT2D eigenvalue weighted by atomic mass is 32.2. The summed E-state index contributed by atoms with van der Waals surface area (Å²) < 4.78 is 42.9. The van der Waals surface area contributed by atoms with Crippen LogP contribution in [0.4, 0.5) is 4.39 Å². The fourth-order valence-corrected chi connectivity index (χ4v) is 5.20. The maximum atomic E-state index is 13.0. The Labute approximate surface area is 186 Å². The normalized spacial score (nSPS) is 18.9. The van der Waals surface area contributed by atoms with E-state index < -0.39 is 10.0 Å². The van der Waals surface area contributed by atoms with Crippen LogP contribution in [0, 0.1) is 11.7 Å². The van der Waals surface area contributed by atoms with Crippen LogP contribution in [0.3, 0.4) is 0 Å². The van der Waals surface area contributed by atoms with E-state index in [0.717, 1.165) is 11.3 Å². The van der Waals surface area contributed by atoms with Gasteiger partial charge < -0.3 is 5.32 Å². The van der Waals surface area contributed by atoms with Crippen LogP contribution in [0.2, 0.25) is 0 Å². The van der Waals surface area contributed by atoms with Crippen LogP contribution < -0.4 is 10.0 Å². The third-order valence-electron chi connectivity index (χ3n) is 5.72. The minimum absolute atomic E-state index is 0.0511. The number of carbonyl (C=O) groups is 1. The summed E-state index contributed by atoms with van der Waals surface area (Å²) >= 11 is 0. The third-order valence-corrected chi connectivity index (χ3v) is 7.25. The number of nitrogens with one attached hydrogen (secondary N) is 2. The van der Waals surface area contributed by atoms with Gasteiger partial charge in [-0.25, -0.2) is 22.2 Å². The maximum Gasteiger partial charge on any atom is 0.240 e. The first-order chi connectivity index (χ1) is 15.4. The van der Waals surface area contributed by atoms with Crippen LogP contribution in [0.1, 0.15) is 31.2 Å². The molecule has 0 bridgehead atoms. The molecule has 1 heterocycles. The zero-order chi connectivity index (χ0) is 22.6. The van der Waals surface area contributed by atoms with Gasteiger partial charge in [-0.3, -0.25) is 4.79 Å². The number of halogens is 1. The lowest BCUT2D eigenvalue weighted by atomic mass is 9.86. The van der Waals surface area contributed by atoms with Gasteiger partial charge in [-0.15, -0.1) is 0 Å². The predicted octanol–water partition coefficient (Wildman–Crippen LogP) is 3.16. The summed E-state index contributed by atoms with van der Waals surface area (Å²) in [4.78, 5) is 12.7. The molecule has 168 valence electrons. The Morgan fingerprint density at radius 3 is 2.34 bits per heavy atom. The number of carbonyl (C=O) groups excluding carboxylic acids is 1. The summed E-state index contributed by atoms with van der Waals surface area (Å²) in [6.45, 7) is 0.347. The number of hydrogen-bond donors (Lipinski definition) is 2. The lowest BCUT2D eigenvalue weighted by Gasteiger charge is -2.28. The first kappa shape index (κ1) is 22.2. The summed E-state index contributed by atoms with van der Waals surface area (Å²) in [5, 5.41) is 7.02. The van der Waals surface area contributed by atoms with Gasteiger partial charge in [0, 0.05) is 30.9 Å². The Bertz CT molecular complexity index is 1140. The molecule has 0 spiro atoms. The van der Waals surface area contributed by atoms with Crippen molar-refractivity contribution in [2.45, 2.75) is 43.2 Å². The molecule has 2 aromatic carbocycles. The fraction of sp³-hybridized carbons (Fsp3) is 0.304. The molecule has 1 amide bonds. The molecule has 0 unspecified atom stereocenters. The van der Waals surface area contributed by atoms with Crippen molar-refractivity contribution < 1.29 is 17.6 Å². The molecule has 1 aliphatic carbocycles. The summed E-state index contributed by atoms with van der Waals surface area (Å²) in [6, 6.07) is 14.2. The van der Waals surface area contributed by atoms with Crippen molar-refractivity contribution >= 4 is 15.9 Å². The predicted molar refractivity (Wildman–Crippen MR) is 118 cm³/mol. The number of hydrogen-bond acceptors (Lipinski definition) is 4. The van der Waals surface area contributed by atoms with Crippen molar-refractivity contribution in [2.24, 2.45) is 5.92 Å². The van der Waals surface area contributed by atoms with Crippen molar-refractivity contribution in [3.05, 3.63) is 78.4 Å². The maximum absolute atomic E-state index is 13.0. The third kappa shape index (κ3) is 5.41. The molecule has 2 N–H and O–H groups in total. The number of amides is 1. The number of benzene rings is 2. The molecule has 3 aromatic rings. The Kier molecular flexibility index (Phi) is 6.66. The fourth-order valence-electron chi connectivity index (χ4n) is 3.90. The van der Waals surface area contributed by atoms with E-state index in [9.17, 15) is 17.6 Å². The average Bonchev–Trinajstić information content (AvgIpc) is 3.34. The highest BCUT2D eigenvalue weighted by Gasteiger charge is 2.29. The van der Waals surface area contributed by atoms with Crippen molar-refractivity contribution in [3.63, 3.8) is 0 Å². The topological polar surface area (TPSA) is 93.1 Å². The summed E-state index contributed by atoms with van der Waals surface area (Å²) in [6.07, 6.45) is 5.86. The largest absolute Gasteiger partial charge is 0.352 e. The van der Waals surface area contributed by atoms with Gasteiger partial charge in [-0.05, 0) is 73.7 Å². The smallest absolute Gasteiger partial charge is 0.240 e. The van der Waals surface area contributed by atoms with E-state index in [2.05, 4.69) is 15.1 Å². The van der Waals surface area contributed by atoms with Gasteiger partial charge in [0.05, 0.1) is 10.6 Å². The van der Waals surface area contributed by atoms with E-state index in [1.54, 1.807) is 59.5 Å². The van der Waals surface area contributed by atoms with Crippen molar-refractivity contribution in [3.8, 4) is 5.69 Å². The van der Waals surface area contributed by atoms with Crippen LogP contribution in [-0.2, 0) is 21.4 Å². The van der Waals surface area contributed by atoms with Crippen LogP contribution in [-0.4, -0.2) is 30.1 Å². The molecule has 4 rings (SSSR count). The minimum atomic E-state index is -3.64. The van der Waals surface area contributed by atoms with Gasteiger partial charge in [0.15, 0.2) is 0 Å². The number of nitrogens with zero attached hydrogens (tertiary/aromatic N) is 2. The number of rotatable bonds is 7. The van der Waals surface area contributed by atoms with Crippen LogP contribution in [0.5, 0.6) is 0 Å². The average molecular weight is 457 g/mol. The van der Waals surface area contributed by atoms with Gasteiger partial charge in [-0.1, -0.05) is 12.1 Å². The van der Waals surface area contributed by atoms with E-state index in [4.69, 9.17) is 0 Å². The van der Waals surface area contributed by atoms with E-state index in [1.165, 1.54) is 12.1 Å². The van der Waals surface area contributed by atoms with Gasteiger partial charge in [0.25, 0.3) is 0 Å². The second kappa shape index (κ2) is 9.62. The number of sulfonamides is 1. The van der Waals surface area contributed by atoms with Crippen molar-refractivity contribution in [1.82, 2.24) is 19.8 Å². The van der Waals surface area contributed by atoms with Crippen molar-refractivity contribution in [2.75, 3.05) is 0 Å². The summed E-state index contributed by atoms with van der Waals surface area (Å²) in [5.74, 6) is -0.510. The molecule has 1 aromatic heterocycles. The van der Waals surface area contributed by atoms with Crippen molar-refractivity contribution in [1.29, 1.82) is 0 Å². The molecule has 0 atom stereocenters. The second-order valence-electron chi connectivity index (χ2n) is 7.96. The van der Waals surface area contributed by atoms with Crippen LogP contribution >= 0.6 is 0 Å². The zero-order valence-corrected chi connectivity index (χ0v) is 18.3. The second-order valence-corrected chi connectivity index (χ2v) is 9.67. The summed E-state index contributed by atoms with van der Waals surface area (Å²) in [5.41, 5.74) is 1.61. The number of aromatic nitrogens is 2. The molecule has 1 aliphatic rings. The van der Waals surface area contributed by atoms with Gasteiger partial charge in [0.1, 0.15) is 5.82 Å². The lowest BCUT2D eigenvalue weighted by molar-refractivity contribution is -0.126. The van der Waals surface area contributed by atoms with Gasteiger partial charge in [-0.2, -0.15) is 5.10 Å². The van der Waals surface area contributed by atoms with E-state index in [-0.39, 0.29) is 28.6 Å². The molecule has 0 aliphatic heterocycles. The molecule has 0 saturated heterocycles. The van der Waals surface area contributed by atoms with E-state index >= 15 is 0 Å². The highest BCUT2D eigenvalue weighted by molar-refractivity contribution is 7.89. The molecule has 1 fully saturated rings. The first-order valence-corrected chi connectivity index (χ1v) is 12.0. The first-order valence-electron chi connectivity index (χ1n) is 10.6. The SMILES string of the molecule is O=C(NCc1ccc(F)cc1)C1CCC(NS(=O)(=O)c2ccc(-n3cccn3)cc2)CC1. The zero-order valence-electron chi connectivity index (χ0n) is 17.4. The standard InChI is InChI=1S/C23H25FN4O3S/c24-19-6-2-17(3-7-19)16-25-23(29)18-4-8-20(9-5-18)27-32(30,31)22-12-10-21(11-13-22)28-15-1-14-26-28/h1-3,6-7,10-15,18,20,27H,4-5,8-9,16H2,(H,25,29). The van der Waals surface area contributed by atoms with Crippen LogP contribution in [0.15, 0.2) is 71.9 Å². The molecule has 9 heteroatoms. The summed E-state index contributed by atoms with van der Waals surface area (Å²) in [7, 11) is -3.64. The molecular weight excluding hydrogens is 431 g/mol.